The van der Waals surface area contributed by atoms with Crippen LogP contribution in [0, 0.1) is 5.92 Å². The molecule has 1 aliphatic rings. The van der Waals surface area contributed by atoms with Crippen LogP contribution >= 0.6 is 0 Å². The summed E-state index contributed by atoms with van der Waals surface area (Å²) < 4.78 is 5.64. The average Bonchev–Trinajstić information content (AvgIpc) is 2.92. The van der Waals surface area contributed by atoms with Crippen molar-refractivity contribution in [1.82, 2.24) is 15.3 Å². The number of hydrogen-bond donors (Lipinski definition) is 1. The lowest BCUT2D eigenvalue weighted by Gasteiger charge is -2.20. The molecule has 5 nitrogen and oxygen atoms in total. The summed E-state index contributed by atoms with van der Waals surface area (Å²) in [7, 11) is 2.02. The normalized spacial score (nSPS) is 18.7. The van der Waals surface area contributed by atoms with Gasteiger partial charge in [0.1, 0.15) is 0 Å². The molecule has 0 saturated carbocycles. The van der Waals surface area contributed by atoms with Crippen LogP contribution in [-0.2, 0) is 11.3 Å². The van der Waals surface area contributed by atoms with E-state index in [4.69, 9.17) is 4.74 Å². The Morgan fingerprint density at radius 3 is 2.75 bits per heavy atom. The molecule has 1 N–H and O–H groups in total. The molecule has 0 amide bonds. The summed E-state index contributed by atoms with van der Waals surface area (Å²) in [6.07, 6.45) is 6.45. The Bertz CT molecular complexity index is 387. The van der Waals surface area contributed by atoms with E-state index < -0.39 is 0 Å². The van der Waals surface area contributed by atoms with E-state index in [1.54, 1.807) is 0 Å². The maximum Gasteiger partial charge on any atom is 0.225 e. The maximum atomic E-state index is 5.64. The van der Waals surface area contributed by atoms with Crippen molar-refractivity contribution in [2.45, 2.75) is 39.3 Å². The molecule has 5 heteroatoms. The van der Waals surface area contributed by atoms with Crippen LogP contribution in [0.5, 0.6) is 0 Å². The highest BCUT2D eigenvalue weighted by Gasteiger charge is 2.18. The Labute approximate surface area is 121 Å². The molecule has 20 heavy (non-hydrogen) atoms. The number of nitrogens with one attached hydrogen (secondary N) is 1. The van der Waals surface area contributed by atoms with Gasteiger partial charge in [-0.3, -0.25) is 0 Å². The monoisotopic (exact) mass is 278 g/mol. The molecule has 1 atom stereocenters. The zero-order valence-electron chi connectivity index (χ0n) is 12.8. The van der Waals surface area contributed by atoms with Crippen LogP contribution in [0.15, 0.2) is 12.4 Å². The van der Waals surface area contributed by atoms with E-state index in [9.17, 15) is 0 Å². The van der Waals surface area contributed by atoms with Crippen LogP contribution in [0.1, 0.15) is 32.3 Å². The van der Waals surface area contributed by atoms with Crippen LogP contribution in [0.2, 0.25) is 0 Å². The third-order valence-electron chi connectivity index (χ3n) is 3.42. The molecule has 0 aliphatic carbocycles. The van der Waals surface area contributed by atoms with Crippen LogP contribution < -0.4 is 10.2 Å². The first-order valence-corrected chi connectivity index (χ1v) is 7.49. The first-order chi connectivity index (χ1) is 9.65. The molecule has 1 aromatic rings. The number of ether oxygens (including phenoxy) is 1. The average molecular weight is 278 g/mol. The van der Waals surface area contributed by atoms with Crippen LogP contribution in [0.3, 0.4) is 0 Å². The van der Waals surface area contributed by atoms with E-state index >= 15 is 0 Å². The summed E-state index contributed by atoms with van der Waals surface area (Å²) in [5.74, 6) is 1.43. The lowest BCUT2D eigenvalue weighted by Crippen LogP contribution is -2.30. The molecule has 1 aliphatic heterocycles. The molecule has 1 unspecified atom stereocenters. The second-order valence-electron chi connectivity index (χ2n) is 5.93. The molecule has 0 aromatic carbocycles. The largest absolute Gasteiger partial charge is 0.376 e. The van der Waals surface area contributed by atoms with Crippen molar-refractivity contribution in [3.63, 3.8) is 0 Å². The van der Waals surface area contributed by atoms with Gasteiger partial charge < -0.3 is 15.0 Å². The Morgan fingerprint density at radius 2 is 2.15 bits per heavy atom. The minimum atomic E-state index is 0.330. The molecule has 0 radical (unpaired) electrons. The van der Waals surface area contributed by atoms with E-state index in [0.717, 1.165) is 44.2 Å². The molecular weight excluding hydrogens is 252 g/mol. The summed E-state index contributed by atoms with van der Waals surface area (Å²) in [5.41, 5.74) is 1.12. The van der Waals surface area contributed by atoms with E-state index in [0.29, 0.717) is 12.0 Å². The molecule has 0 bridgehead atoms. The van der Waals surface area contributed by atoms with Gasteiger partial charge in [0.05, 0.1) is 6.10 Å². The van der Waals surface area contributed by atoms with E-state index in [2.05, 4.69) is 34.0 Å². The fourth-order valence-electron chi connectivity index (χ4n) is 2.32. The number of hydrogen-bond acceptors (Lipinski definition) is 5. The van der Waals surface area contributed by atoms with E-state index in [-0.39, 0.29) is 0 Å². The Hall–Kier alpha value is -1.20. The fourth-order valence-corrected chi connectivity index (χ4v) is 2.32. The zero-order valence-corrected chi connectivity index (χ0v) is 12.8. The smallest absolute Gasteiger partial charge is 0.225 e. The molecule has 1 fully saturated rings. The van der Waals surface area contributed by atoms with Gasteiger partial charge in [0, 0.05) is 44.7 Å². The van der Waals surface area contributed by atoms with Crippen LogP contribution in [-0.4, -0.2) is 42.8 Å². The summed E-state index contributed by atoms with van der Waals surface area (Å²) in [6, 6.07) is 0. The third kappa shape index (κ3) is 4.72. The van der Waals surface area contributed by atoms with Gasteiger partial charge in [-0.25, -0.2) is 9.97 Å². The highest BCUT2D eigenvalue weighted by atomic mass is 16.5. The van der Waals surface area contributed by atoms with Gasteiger partial charge >= 0.3 is 0 Å². The van der Waals surface area contributed by atoms with E-state index in [1.165, 1.54) is 6.42 Å². The van der Waals surface area contributed by atoms with Gasteiger partial charge in [-0.05, 0) is 25.3 Å². The second kappa shape index (κ2) is 7.55. The first-order valence-electron chi connectivity index (χ1n) is 7.49. The van der Waals surface area contributed by atoms with Crippen molar-refractivity contribution in [1.29, 1.82) is 0 Å². The van der Waals surface area contributed by atoms with E-state index in [1.807, 2.05) is 19.4 Å². The molecular formula is C15H26N4O. The topological polar surface area (TPSA) is 50.3 Å². The highest BCUT2D eigenvalue weighted by Crippen LogP contribution is 2.15. The summed E-state index contributed by atoms with van der Waals surface area (Å²) >= 11 is 0. The summed E-state index contributed by atoms with van der Waals surface area (Å²) in [5, 5.41) is 3.39. The predicted molar refractivity (Wildman–Crippen MR) is 80.8 cm³/mol. The molecule has 112 valence electrons. The van der Waals surface area contributed by atoms with Crippen molar-refractivity contribution in [2.24, 2.45) is 5.92 Å². The SMILES string of the molecule is CC(C)CNCc1cnc(N(C)CC2CCCO2)nc1. The number of aromatic nitrogens is 2. The molecule has 1 saturated heterocycles. The van der Waals surface area contributed by atoms with Gasteiger partial charge in [-0.15, -0.1) is 0 Å². The predicted octanol–water partition coefficient (Wildman–Crippen LogP) is 1.84. The van der Waals surface area contributed by atoms with Crippen LogP contribution in [0.25, 0.3) is 0 Å². The second-order valence-corrected chi connectivity index (χ2v) is 5.93. The Balaban J connectivity index is 1.80. The maximum absolute atomic E-state index is 5.64. The molecule has 2 rings (SSSR count). The van der Waals surface area contributed by atoms with Crippen molar-refractivity contribution in [2.75, 3.05) is 31.6 Å². The highest BCUT2D eigenvalue weighted by molar-refractivity contribution is 5.28. The lowest BCUT2D eigenvalue weighted by atomic mass is 10.2. The lowest BCUT2D eigenvalue weighted by molar-refractivity contribution is 0.116. The third-order valence-corrected chi connectivity index (χ3v) is 3.42. The zero-order chi connectivity index (χ0) is 14.4. The van der Waals surface area contributed by atoms with Crippen molar-refractivity contribution in [3.05, 3.63) is 18.0 Å². The van der Waals surface area contributed by atoms with Crippen molar-refractivity contribution >= 4 is 5.95 Å². The van der Waals surface area contributed by atoms with Crippen LogP contribution in [0.4, 0.5) is 5.95 Å². The summed E-state index contributed by atoms with van der Waals surface area (Å²) in [4.78, 5) is 10.9. The number of anilines is 1. The number of nitrogens with zero attached hydrogens (tertiary/aromatic N) is 3. The quantitative estimate of drug-likeness (QED) is 0.824. The van der Waals surface area contributed by atoms with Gasteiger partial charge in [0.15, 0.2) is 0 Å². The Morgan fingerprint density at radius 1 is 1.40 bits per heavy atom. The first kappa shape index (κ1) is 15.2. The molecule has 0 spiro atoms. The van der Waals surface area contributed by atoms with Gasteiger partial charge in [-0.1, -0.05) is 13.8 Å². The number of likely N-dealkylation sites (N-methyl/N-ethyl adjacent to an activating group) is 1. The molecule has 2 heterocycles. The number of rotatable bonds is 7. The van der Waals surface area contributed by atoms with Gasteiger partial charge in [0.25, 0.3) is 0 Å². The minimum Gasteiger partial charge on any atom is -0.376 e. The standard InChI is InChI=1S/C15H26N4O/c1-12(2)7-16-8-13-9-17-15(18-10-13)19(3)11-14-5-4-6-20-14/h9-10,12,14,16H,4-8,11H2,1-3H3. The minimum absolute atomic E-state index is 0.330. The fraction of sp³-hybridized carbons (Fsp3) is 0.733. The summed E-state index contributed by atoms with van der Waals surface area (Å²) in [6.45, 7) is 8.00. The van der Waals surface area contributed by atoms with Crippen molar-refractivity contribution in [3.8, 4) is 0 Å². The molecule has 1 aromatic heterocycles. The van der Waals surface area contributed by atoms with Crippen molar-refractivity contribution < 1.29 is 4.74 Å². The van der Waals surface area contributed by atoms with Gasteiger partial charge in [-0.2, -0.15) is 0 Å². The Kier molecular flexibility index (Phi) is 5.73. The van der Waals surface area contributed by atoms with Gasteiger partial charge in [0.2, 0.25) is 5.95 Å².